The predicted octanol–water partition coefficient (Wildman–Crippen LogP) is 7.56. The van der Waals surface area contributed by atoms with Crippen molar-refractivity contribution in [2.24, 2.45) is 17.3 Å². The summed E-state index contributed by atoms with van der Waals surface area (Å²) in [5.41, 5.74) is 1.76. The van der Waals surface area contributed by atoms with Gasteiger partial charge in [-0.1, -0.05) is 25.0 Å². The molecule has 5 aromatic rings. The summed E-state index contributed by atoms with van der Waals surface area (Å²) in [5.74, 6) is 2.64. The topological polar surface area (TPSA) is 156 Å². The van der Waals surface area contributed by atoms with Gasteiger partial charge in [-0.3, -0.25) is 19.8 Å². The van der Waals surface area contributed by atoms with E-state index < -0.39 is 17.7 Å². The summed E-state index contributed by atoms with van der Waals surface area (Å²) in [6.45, 7) is 11.5. The van der Waals surface area contributed by atoms with Crippen LogP contribution < -0.4 is 29.9 Å². The van der Waals surface area contributed by atoms with Gasteiger partial charge in [0.05, 0.1) is 25.0 Å². The average Bonchev–Trinajstić information content (AvgIpc) is 3.75. The standard InChI is InChI=1S/C57H65F2N9O6/c1-4-42-46(58)11-5-37-27-41(69)29-45(50(37)42)43-9-10-44-52(51(43)59)62-55(63-53(44)67-32-39-7-8-40(33-67)60-39)74-34-35(2)30-64-23-25-65(26-24-64)31-36-13-16-57(17-14-36)18-21-66(22-19-57)54(71)38-6-12-48(73-3)47(28-38)68-20-15-49(70)61-56(68)72/h1,5-6,9-12,27-29,35-36,39-40,60,69H,7-8,13-26,30-34H2,2-3H3,(H,61,70,72)/t35-,39?,40?/m1/s1. The summed E-state index contributed by atoms with van der Waals surface area (Å²) in [4.78, 5) is 58.6. The van der Waals surface area contributed by atoms with Gasteiger partial charge in [-0.15, -0.1) is 6.42 Å². The third-order valence-electron chi connectivity index (χ3n) is 16.9. The lowest BCUT2D eigenvalue weighted by molar-refractivity contribution is -0.120. The van der Waals surface area contributed by atoms with Crippen molar-refractivity contribution in [3.8, 4) is 41.0 Å². The number of likely N-dealkylation sites (tertiary alicyclic amines) is 1. The van der Waals surface area contributed by atoms with Gasteiger partial charge < -0.3 is 39.5 Å². The van der Waals surface area contributed by atoms with Gasteiger partial charge in [0.2, 0.25) is 5.91 Å². The number of phenolic OH excluding ortho intramolecular Hbond substituents is 1. The molecule has 0 radical (unpaired) electrons. The molecule has 1 aliphatic carbocycles. The van der Waals surface area contributed by atoms with E-state index in [0.717, 1.165) is 78.0 Å². The van der Waals surface area contributed by atoms with Gasteiger partial charge in [0.1, 0.15) is 28.7 Å². The second kappa shape index (κ2) is 20.6. The molecule has 5 aliphatic heterocycles. The van der Waals surface area contributed by atoms with Gasteiger partial charge in [-0.2, -0.15) is 9.97 Å². The van der Waals surface area contributed by atoms with Crippen LogP contribution >= 0.6 is 0 Å². The molecule has 4 amide bonds. The smallest absolute Gasteiger partial charge is 0.328 e. The molecule has 4 aromatic carbocycles. The monoisotopic (exact) mass is 1010 g/mol. The zero-order valence-corrected chi connectivity index (χ0v) is 42.3. The number of nitrogens with one attached hydrogen (secondary N) is 2. The predicted molar refractivity (Wildman–Crippen MR) is 280 cm³/mol. The molecule has 5 saturated heterocycles. The Morgan fingerprint density at radius 1 is 0.892 bits per heavy atom. The Kier molecular flexibility index (Phi) is 13.8. The van der Waals surface area contributed by atoms with Crippen molar-refractivity contribution in [3.63, 3.8) is 0 Å². The first-order valence-electron chi connectivity index (χ1n) is 26.4. The third-order valence-corrected chi connectivity index (χ3v) is 16.9. The van der Waals surface area contributed by atoms with E-state index in [1.807, 2.05) is 4.90 Å². The highest BCUT2D eigenvalue weighted by molar-refractivity contribution is 6.07. The molecule has 17 heteroatoms. The van der Waals surface area contributed by atoms with E-state index in [1.54, 1.807) is 30.3 Å². The Hall–Kier alpha value is -6.61. The molecule has 6 fully saturated rings. The van der Waals surface area contributed by atoms with Crippen LogP contribution in [0.4, 0.5) is 25.1 Å². The highest BCUT2D eigenvalue weighted by atomic mass is 19.1. The second-order valence-corrected chi connectivity index (χ2v) is 21.7. The molecular formula is C57H65F2N9O6. The van der Waals surface area contributed by atoms with E-state index in [-0.39, 0.29) is 70.1 Å². The van der Waals surface area contributed by atoms with Gasteiger partial charge >= 0.3 is 12.0 Å². The molecule has 1 spiro atoms. The van der Waals surface area contributed by atoms with E-state index in [9.17, 15) is 19.5 Å². The molecule has 3 N–H and O–H groups in total. The van der Waals surface area contributed by atoms with Crippen molar-refractivity contribution in [3.05, 3.63) is 77.4 Å². The number of fused-ring (bicyclic) bond motifs is 4. The zero-order valence-electron chi connectivity index (χ0n) is 42.3. The van der Waals surface area contributed by atoms with Crippen LogP contribution in [0.1, 0.15) is 80.6 Å². The number of piperazine rings is 2. The molecule has 3 atom stereocenters. The number of halogens is 2. The number of carbonyl (C=O) groups excluding carboxylic acids is 3. The van der Waals surface area contributed by atoms with E-state index in [2.05, 4.69) is 38.2 Å². The molecule has 2 unspecified atom stereocenters. The molecular weight excluding hydrogens is 945 g/mol. The number of aromatic hydroxyl groups is 1. The number of rotatable bonds is 12. The Morgan fingerprint density at radius 3 is 2.35 bits per heavy atom. The Morgan fingerprint density at radius 2 is 1.64 bits per heavy atom. The molecule has 15 nitrogen and oxygen atoms in total. The Labute approximate surface area is 430 Å². The molecule has 6 heterocycles. The lowest BCUT2D eigenvalue weighted by Gasteiger charge is -2.47. The minimum Gasteiger partial charge on any atom is -0.508 e. The number of nitrogens with zero attached hydrogens (tertiary/aromatic N) is 7. The summed E-state index contributed by atoms with van der Waals surface area (Å²) >= 11 is 0. The summed E-state index contributed by atoms with van der Waals surface area (Å²) < 4.78 is 44.1. The molecule has 1 aromatic heterocycles. The largest absolute Gasteiger partial charge is 0.508 e. The first-order chi connectivity index (χ1) is 35.8. The van der Waals surface area contributed by atoms with Crippen LogP contribution in [0.5, 0.6) is 17.5 Å². The van der Waals surface area contributed by atoms with Gasteiger partial charge in [-0.05, 0) is 116 Å². The summed E-state index contributed by atoms with van der Waals surface area (Å²) in [6, 6.07) is 14.5. The van der Waals surface area contributed by atoms with Crippen molar-refractivity contribution in [1.29, 1.82) is 0 Å². The van der Waals surface area contributed by atoms with Crippen LogP contribution in [-0.2, 0) is 4.79 Å². The van der Waals surface area contributed by atoms with Crippen LogP contribution in [0.3, 0.4) is 0 Å². The zero-order chi connectivity index (χ0) is 51.3. The molecule has 74 heavy (non-hydrogen) atoms. The Bertz CT molecular complexity index is 3020. The number of piperidine rings is 1. The van der Waals surface area contributed by atoms with Gasteiger partial charge in [0.15, 0.2) is 5.82 Å². The quantitative estimate of drug-likeness (QED) is 0.106. The highest BCUT2D eigenvalue weighted by Crippen LogP contribution is 2.47. The van der Waals surface area contributed by atoms with Crippen molar-refractivity contribution in [2.45, 2.75) is 76.8 Å². The van der Waals surface area contributed by atoms with Crippen LogP contribution in [0.2, 0.25) is 0 Å². The molecule has 388 valence electrons. The number of benzene rings is 4. The fraction of sp³-hybridized carbons (Fsp3) is 0.491. The van der Waals surface area contributed by atoms with Crippen LogP contribution in [-0.4, -0.2) is 145 Å². The van der Waals surface area contributed by atoms with Crippen molar-refractivity contribution < 1.29 is 37.7 Å². The van der Waals surface area contributed by atoms with Crippen molar-refractivity contribution >= 4 is 51.0 Å². The SMILES string of the molecule is C#Cc1c(F)ccc2cc(O)cc(-c3ccc4c(N5CC6CCC(C5)N6)nc(OC[C@H](C)CN5CCN(CC6CCC7(CC6)CCN(C(=O)c6ccc(OC)c(N8CCC(=O)NC8=O)c6)CC7)CC5)nc4c3F)c12. The van der Waals surface area contributed by atoms with Crippen LogP contribution in [0.25, 0.3) is 32.8 Å². The van der Waals surface area contributed by atoms with Crippen LogP contribution in [0, 0.1) is 41.2 Å². The Balaban J connectivity index is 0.682. The fourth-order valence-corrected chi connectivity index (χ4v) is 12.8. The number of anilines is 2. The maximum atomic E-state index is 17.1. The van der Waals surface area contributed by atoms with E-state index in [1.165, 1.54) is 62.0 Å². The summed E-state index contributed by atoms with van der Waals surface area (Å²) in [7, 11) is 1.53. The summed E-state index contributed by atoms with van der Waals surface area (Å²) in [6.07, 6.45) is 14.8. The number of terminal acetylenes is 1. The number of phenols is 1. The highest BCUT2D eigenvalue weighted by Gasteiger charge is 2.40. The van der Waals surface area contributed by atoms with Crippen LogP contribution in [0.15, 0.2) is 54.6 Å². The number of methoxy groups -OCH3 is 1. The lowest BCUT2D eigenvalue weighted by Crippen LogP contribution is -2.51. The third kappa shape index (κ3) is 9.91. The molecule has 1 saturated carbocycles. The summed E-state index contributed by atoms with van der Waals surface area (Å²) in [5, 5.41) is 18.1. The number of ether oxygens (including phenoxy) is 2. The van der Waals surface area contributed by atoms with Gasteiger partial charge in [0.25, 0.3) is 5.91 Å². The number of imide groups is 1. The number of aromatic nitrogens is 2. The van der Waals surface area contributed by atoms with E-state index in [4.69, 9.17) is 25.9 Å². The average molecular weight is 1010 g/mol. The number of urea groups is 1. The first-order valence-corrected chi connectivity index (χ1v) is 26.4. The minimum absolute atomic E-state index is 0.00285. The number of hydrogen-bond acceptors (Lipinski definition) is 12. The number of amides is 4. The molecule has 2 bridgehead atoms. The number of hydrogen-bond donors (Lipinski definition) is 3. The number of carbonyl (C=O) groups is 3. The second-order valence-electron chi connectivity index (χ2n) is 21.7. The maximum absolute atomic E-state index is 17.1. The van der Waals surface area contributed by atoms with Gasteiger partial charge in [0, 0.05) is 118 Å². The van der Waals surface area contributed by atoms with Gasteiger partial charge in [-0.25, -0.2) is 13.6 Å². The van der Waals surface area contributed by atoms with Crippen molar-refractivity contribution in [2.75, 3.05) is 95.5 Å². The molecule has 11 rings (SSSR count). The van der Waals surface area contributed by atoms with E-state index in [0.29, 0.717) is 76.7 Å². The van der Waals surface area contributed by atoms with E-state index >= 15 is 8.78 Å². The minimum atomic E-state index is -0.629. The molecule has 6 aliphatic rings. The van der Waals surface area contributed by atoms with Crippen molar-refractivity contribution in [1.82, 2.24) is 35.3 Å². The lowest BCUT2D eigenvalue weighted by atomic mass is 9.65. The normalized spacial score (nSPS) is 22.1. The maximum Gasteiger partial charge on any atom is 0.328 e. The first kappa shape index (κ1) is 49.6. The fourth-order valence-electron chi connectivity index (χ4n) is 12.8.